The van der Waals surface area contributed by atoms with Crippen LogP contribution in [0.2, 0.25) is 5.02 Å². The topological polar surface area (TPSA) is 20.2 Å². The molecule has 2 atom stereocenters. The lowest BCUT2D eigenvalue weighted by Gasteiger charge is -2.34. The van der Waals surface area contributed by atoms with Gasteiger partial charge in [-0.25, -0.2) is 0 Å². The standard InChI is InChI=1S/C17H17ClO/c1-10-8-16(18)11(2)7-14(10)17(19)15-9-12-5-3-4-6-13(12)15/h3-8,15,17,19H,9H2,1-2H3. The minimum atomic E-state index is -0.439. The minimum absolute atomic E-state index is 0.218. The molecule has 0 fully saturated rings. The Morgan fingerprint density at radius 1 is 1.16 bits per heavy atom. The predicted molar refractivity (Wildman–Crippen MR) is 78.8 cm³/mol. The van der Waals surface area contributed by atoms with E-state index in [1.54, 1.807) is 0 Å². The van der Waals surface area contributed by atoms with Gasteiger partial charge in [0.05, 0.1) is 6.10 Å². The van der Waals surface area contributed by atoms with Gasteiger partial charge in [-0.3, -0.25) is 0 Å². The summed E-state index contributed by atoms with van der Waals surface area (Å²) < 4.78 is 0. The first-order chi connectivity index (χ1) is 9.08. The third kappa shape index (κ3) is 2.07. The number of hydrogen-bond donors (Lipinski definition) is 1. The van der Waals surface area contributed by atoms with Crippen LogP contribution in [0.1, 0.15) is 39.8 Å². The maximum absolute atomic E-state index is 10.6. The van der Waals surface area contributed by atoms with Crippen molar-refractivity contribution in [1.82, 2.24) is 0 Å². The van der Waals surface area contributed by atoms with Gasteiger partial charge in [0.25, 0.3) is 0 Å². The summed E-state index contributed by atoms with van der Waals surface area (Å²) in [4.78, 5) is 0. The number of aryl methyl sites for hydroxylation is 2. The van der Waals surface area contributed by atoms with E-state index in [9.17, 15) is 5.11 Å². The molecule has 1 aliphatic carbocycles. The second-order valence-electron chi connectivity index (χ2n) is 5.41. The number of benzene rings is 2. The van der Waals surface area contributed by atoms with Crippen molar-refractivity contribution in [1.29, 1.82) is 0 Å². The summed E-state index contributed by atoms with van der Waals surface area (Å²) in [5.74, 6) is 0.218. The molecule has 0 radical (unpaired) electrons. The van der Waals surface area contributed by atoms with Gasteiger partial charge in [-0.1, -0.05) is 41.9 Å². The number of aliphatic hydroxyl groups is 1. The average molecular weight is 273 g/mol. The highest BCUT2D eigenvalue weighted by molar-refractivity contribution is 6.31. The Morgan fingerprint density at radius 2 is 1.89 bits per heavy atom. The van der Waals surface area contributed by atoms with Gasteiger partial charge in [0.15, 0.2) is 0 Å². The van der Waals surface area contributed by atoms with Crippen LogP contribution in [0.5, 0.6) is 0 Å². The highest BCUT2D eigenvalue weighted by atomic mass is 35.5. The number of fused-ring (bicyclic) bond motifs is 1. The van der Waals surface area contributed by atoms with Crippen LogP contribution in [0.15, 0.2) is 36.4 Å². The first-order valence-corrected chi connectivity index (χ1v) is 6.98. The van der Waals surface area contributed by atoms with Crippen LogP contribution in [-0.4, -0.2) is 5.11 Å². The van der Waals surface area contributed by atoms with Crippen molar-refractivity contribution >= 4 is 11.6 Å². The molecule has 0 aliphatic heterocycles. The maximum atomic E-state index is 10.6. The lowest BCUT2D eigenvalue weighted by Crippen LogP contribution is -2.24. The Balaban J connectivity index is 1.94. The van der Waals surface area contributed by atoms with Gasteiger partial charge < -0.3 is 5.11 Å². The second-order valence-corrected chi connectivity index (χ2v) is 5.82. The molecular weight excluding hydrogens is 256 g/mol. The van der Waals surface area contributed by atoms with E-state index in [4.69, 9.17) is 11.6 Å². The van der Waals surface area contributed by atoms with Crippen molar-refractivity contribution < 1.29 is 5.11 Å². The van der Waals surface area contributed by atoms with Crippen molar-refractivity contribution in [3.05, 3.63) is 69.2 Å². The van der Waals surface area contributed by atoms with Crippen LogP contribution >= 0.6 is 11.6 Å². The van der Waals surface area contributed by atoms with Crippen molar-refractivity contribution in [3.63, 3.8) is 0 Å². The Hall–Kier alpha value is -1.31. The molecule has 0 heterocycles. The first-order valence-electron chi connectivity index (χ1n) is 6.60. The Morgan fingerprint density at radius 3 is 2.63 bits per heavy atom. The molecule has 98 valence electrons. The number of aliphatic hydroxyl groups excluding tert-OH is 1. The van der Waals surface area contributed by atoms with Crippen LogP contribution in [0.25, 0.3) is 0 Å². The van der Waals surface area contributed by atoms with Crippen LogP contribution < -0.4 is 0 Å². The van der Waals surface area contributed by atoms with Crippen LogP contribution in [0.4, 0.5) is 0 Å². The Labute approximate surface area is 118 Å². The minimum Gasteiger partial charge on any atom is -0.388 e. The largest absolute Gasteiger partial charge is 0.388 e. The molecule has 0 bridgehead atoms. The first kappa shape index (κ1) is 12.7. The number of halogens is 1. The lowest BCUT2D eigenvalue weighted by atomic mass is 9.72. The zero-order valence-electron chi connectivity index (χ0n) is 11.2. The monoisotopic (exact) mass is 272 g/mol. The summed E-state index contributed by atoms with van der Waals surface area (Å²) in [5.41, 5.74) is 5.72. The summed E-state index contributed by atoms with van der Waals surface area (Å²) in [7, 11) is 0. The van der Waals surface area contributed by atoms with Gasteiger partial charge in [0.2, 0.25) is 0 Å². The van der Waals surface area contributed by atoms with Crippen LogP contribution in [0.3, 0.4) is 0 Å². The van der Waals surface area contributed by atoms with E-state index >= 15 is 0 Å². The quantitative estimate of drug-likeness (QED) is 0.863. The molecule has 19 heavy (non-hydrogen) atoms. The average Bonchev–Trinajstić information content (AvgIpc) is 2.35. The van der Waals surface area contributed by atoms with Crippen molar-refractivity contribution in [2.45, 2.75) is 32.3 Å². The Kier molecular flexibility index (Phi) is 3.12. The molecule has 0 saturated carbocycles. The van der Waals surface area contributed by atoms with Crippen molar-refractivity contribution in [3.8, 4) is 0 Å². The summed E-state index contributed by atoms with van der Waals surface area (Å²) in [6.07, 6.45) is 0.518. The summed E-state index contributed by atoms with van der Waals surface area (Å²) in [6, 6.07) is 12.3. The number of rotatable bonds is 2. The van der Waals surface area contributed by atoms with Gasteiger partial charge in [0, 0.05) is 10.9 Å². The number of hydrogen-bond acceptors (Lipinski definition) is 1. The van der Waals surface area contributed by atoms with Gasteiger partial charge in [-0.05, 0) is 54.2 Å². The predicted octanol–water partition coefficient (Wildman–Crippen LogP) is 4.33. The van der Waals surface area contributed by atoms with Gasteiger partial charge >= 0.3 is 0 Å². The third-order valence-corrected chi connectivity index (χ3v) is 4.55. The summed E-state index contributed by atoms with van der Waals surface area (Å²) in [5, 5.41) is 11.4. The van der Waals surface area contributed by atoms with E-state index in [0.29, 0.717) is 0 Å². The van der Waals surface area contributed by atoms with Crippen molar-refractivity contribution in [2.24, 2.45) is 0 Å². The molecule has 1 nitrogen and oxygen atoms in total. The van der Waals surface area contributed by atoms with Gasteiger partial charge in [-0.2, -0.15) is 0 Å². The smallest absolute Gasteiger partial charge is 0.0864 e. The second kappa shape index (κ2) is 4.66. The highest BCUT2D eigenvalue weighted by Gasteiger charge is 2.33. The fraction of sp³-hybridized carbons (Fsp3) is 0.294. The maximum Gasteiger partial charge on any atom is 0.0864 e. The molecule has 2 unspecified atom stereocenters. The normalized spacial score (nSPS) is 18.6. The van der Waals surface area contributed by atoms with E-state index in [-0.39, 0.29) is 5.92 Å². The molecule has 1 aliphatic rings. The molecule has 2 aromatic carbocycles. The van der Waals surface area contributed by atoms with E-state index < -0.39 is 6.10 Å². The Bertz CT molecular complexity index is 633. The zero-order chi connectivity index (χ0) is 13.6. The molecule has 3 rings (SSSR count). The van der Waals surface area contributed by atoms with Crippen molar-refractivity contribution in [2.75, 3.05) is 0 Å². The summed E-state index contributed by atoms with van der Waals surface area (Å²) in [6.45, 7) is 3.99. The molecule has 2 heteroatoms. The van der Waals surface area contributed by atoms with E-state index in [0.717, 1.165) is 28.1 Å². The highest BCUT2D eigenvalue weighted by Crippen LogP contribution is 2.44. The molecule has 0 amide bonds. The zero-order valence-corrected chi connectivity index (χ0v) is 11.9. The molecule has 1 N–H and O–H groups in total. The molecule has 0 aromatic heterocycles. The fourth-order valence-corrected chi connectivity index (χ4v) is 3.14. The van der Waals surface area contributed by atoms with Gasteiger partial charge in [-0.15, -0.1) is 0 Å². The van der Waals surface area contributed by atoms with Gasteiger partial charge in [0.1, 0.15) is 0 Å². The summed E-state index contributed by atoms with van der Waals surface area (Å²) >= 11 is 6.12. The van der Waals surface area contributed by atoms with E-state index in [2.05, 4.69) is 18.2 Å². The van der Waals surface area contributed by atoms with Crippen LogP contribution in [-0.2, 0) is 6.42 Å². The molecule has 2 aromatic rings. The molecule has 0 saturated heterocycles. The lowest BCUT2D eigenvalue weighted by molar-refractivity contribution is 0.134. The van der Waals surface area contributed by atoms with E-state index in [1.807, 2.05) is 32.0 Å². The van der Waals surface area contributed by atoms with Crippen LogP contribution in [0, 0.1) is 13.8 Å². The third-order valence-electron chi connectivity index (χ3n) is 4.14. The van der Waals surface area contributed by atoms with E-state index in [1.165, 1.54) is 11.1 Å². The molecule has 0 spiro atoms. The molecular formula is C17H17ClO. The fourth-order valence-electron chi connectivity index (χ4n) is 2.92. The SMILES string of the molecule is Cc1cc(C(O)C2Cc3ccccc32)c(C)cc1Cl.